The summed E-state index contributed by atoms with van der Waals surface area (Å²) in [5.41, 5.74) is 1.95. The van der Waals surface area contributed by atoms with Gasteiger partial charge in [0.25, 0.3) is 0 Å². The van der Waals surface area contributed by atoms with Crippen LogP contribution in [0.5, 0.6) is 5.75 Å². The molecule has 2 fully saturated rings. The van der Waals surface area contributed by atoms with Crippen LogP contribution in [-0.2, 0) is 0 Å². The summed E-state index contributed by atoms with van der Waals surface area (Å²) in [4.78, 5) is 0. The topological polar surface area (TPSA) is 9.23 Å². The van der Waals surface area contributed by atoms with E-state index in [1.807, 2.05) is 6.07 Å². The average Bonchev–Trinajstić information content (AvgIpc) is 2.79. The molecule has 0 amide bonds. The third kappa shape index (κ3) is 6.98. The van der Waals surface area contributed by atoms with Crippen LogP contribution in [0.2, 0.25) is 12.1 Å². The molecule has 0 N–H and O–H groups in total. The Morgan fingerprint density at radius 1 is 0.848 bits per heavy atom. The van der Waals surface area contributed by atoms with Gasteiger partial charge in [0, 0.05) is 5.56 Å². The fraction of sp³-hybridized carbons (Fsp3) is 0.538. The Morgan fingerprint density at radius 2 is 1.45 bits per heavy atom. The maximum atomic E-state index is 14.9. The Hall–Kier alpha value is -1.53. The predicted octanol–water partition coefficient (Wildman–Crippen LogP) is 8.82. The molecule has 4 rings (SSSR count). The largest absolute Gasteiger partial charge is 0.573 e. The minimum absolute atomic E-state index is 0.311. The molecule has 0 bridgehead atoms. The van der Waals surface area contributed by atoms with Gasteiger partial charge in [-0.3, -0.25) is 0 Å². The summed E-state index contributed by atoms with van der Waals surface area (Å²) < 4.78 is 55.8. The number of rotatable bonds is 6. The second-order valence-electron chi connectivity index (χ2n) is 9.72. The average molecular weight is 499 g/mol. The SMILES string of the molecule is Fc1cc(C2CCC(CC[C@H]3CC[Si@H](Cl)CC3)CC2)ccc1-c1ccc(OC(F)(F)F)cc1. The van der Waals surface area contributed by atoms with Crippen molar-refractivity contribution in [1.29, 1.82) is 0 Å². The lowest BCUT2D eigenvalue weighted by molar-refractivity contribution is -0.274. The molecule has 180 valence electrons. The number of hydrogen-bond acceptors (Lipinski definition) is 1. The number of halogens is 5. The third-order valence-corrected chi connectivity index (χ3v) is 10.7. The highest BCUT2D eigenvalue weighted by Gasteiger charge is 2.31. The molecule has 0 spiro atoms. The smallest absolute Gasteiger partial charge is 0.406 e. The second-order valence-corrected chi connectivity index (χ2v) is 13.9. The minimum atomic E-state index is -4.74. The van der Waals surface area contributed by atoms with Crippen LogP contribution in [0, 0.1) is 17.7 Å². The second kappa shape index (κ2) is 10.8. The van der Waals surface area contributed by atoms with Crippen molar-refractivity contribution in [3.63, 3.8) is 0 Å². The van der Waals surface area contributed by atoms with Crippen molar-refractivity contribution in [2.45, 2.75) is 75.7 Å². The lowest BCUT2D eigenvalue weighted by Crippen LogP contribution is -2.18. The van der Waals surface area contributed by atoms with E-state index in [2.05, 4.69) is 4.74 Å². The summed E-state index contributed by atoms with van der Waals surface area (Å²) in [6.45, 7) is 0. The van der Waals surface area contributed by atoms with Crippen LogP contribution >= 0.6 is 11.1 Å². The molecular weight excluding hydrogens is 468 g/mol. The number of alkyl halides is 3. The zero-order valence-corrected chi connectivity index (χ0v) is 20.6. The number of hydrogen-bond donors (Lipinski definition) is 0. The molecule has 1 aliphatic heterocycles. The fourth-order valence-electron chi connectivity index (χ4n) is 5.52. The predicted molar refractivity (Wildman–Crippen MR) is 128 cm³/mol. The van der Waals surface area contributed by atoms with Crippen molar-refractivity contribution in [2.24, 2.45) is 11.8 Å². The Kier molecular flexibility index (Phi) is 8.05. The summed E-state index contributed by atoms with van der Waals surface area (Å²) in [7, 11) is -0.879. The van der Waals surface area contributed by atoms with Crippen LogP contribution in [0.25, 0.3) is 11.1 Å². The van der Waals surface area contributed by atoms with Crippen LogP contribution in [0.1, 0.15) is 62.8 Å². The van der Waals surface area contributed by atoms with Gasteiger partial charge in [-0.25, -0.2) is 4.39 Å². The first-order chi connectivity index (χ1) is 15.8. The normalized spacial score (nSPS) is 26.2. The van der Waals surface area contributed by atoms with Gasteiger partial charge in [-0.15, -0.1) is 13.2 Å². The molecule has 0 aromatic heterocycles. The van der Waals surface area contributed by atoms with E-state index in [1.165, 1.54) is 74.9 Å². The first-order valence-electron chi connectivity index (χ1n) is 12.1. The molecule has 2 aromatic carbocycles. The molecule has 0 atom stereocenters. The van der Waals surface area contributed by atoms with Crippen molar-refractivity contribution in [1.82, 2.24) is 0 Å². The maximum Gasteiger partial charge on any atom is 0.573 e. The first kappa shape index (κ1) is 24.6. The van der Waals surface area contributed by atoms with Crippen molar-refractivity contribution in [2.75, 3.05) is 0 Å². The highest BCUT2D eigenvalue weighted by Crippen LogP contribution is 2.40. The van der Waals surface area contributed by atoms with Gasteiger partial charge in [0.05, 0.1) is 0 Å². The lowest BCUT2D eigenvalue weighted by Gasteiger charge is -2.31. The zero-order valence-electron chi connectivity index (χ0n) is 18.7. The van der Waals surface area contributed by atoms with Crippen molar-refractivity contribution in [3.8, 4) is 16.9 Å². The van der Waals surface area contributed by atoms with Gasteiger partial charge in [-0.1, -0.05) is 49.9 Å². The van der Waals surface area contributed by atoms with E-state index in [9.17, 15) is 17.6 Å². The van der Waals surface area contributed by atoms with Gasteiger partial charge in [-0.2, -0.15) is 11.1 Å². The monoisotopic (exact) mass is 498 g/mol. The van der Waals surface area contributed by atoms with E-state index in [4.69, 9.17) is 11.1 Å². The minimum Gasteiger partial charge on any atom is -0.406 e. The Labute approximate surface area is 199 Å². The zero-order chi connectivity index (χ0) is 23.4. The van der Waals surface area contributed by atoms with Crippen LogP contribution in [0.3, 0.4) is 0 Å². The van der Waals surface area contributed by atoms with Gasteiger partial charge < -0.3 is 4.74 Å². The summed E-state index contributed by atoms with van der Waals surface area (Å²) in [6.07, 6.45) is 5.17. The van der Waals surface area contributed by atoms with E-state index in [-0.39, 0.29) is 11.6 Å². The summed E-state index contributed by atoms with van der Waals surface area (Å²) >= 11 is 6.36. The molecule has 1 saturated carbocycles. The van der Waals surface area contributed by atoms with Gasteiger partial charge in [0.15, 0.2) is 0 Å². The van der Waals surface area contributed by atoms with Crippen molar-refractivity contribution < 1.29 is 22.3 Å². The summed E-state index contributed by atoms with van der Waals surface area (Å²) in [5.74, 6) is 1.39. The van der Waals surface area contributed by atoms with E-state index in [1.54, 1.807) is 12.1 Å². The van der Waals surface area contributed by atoms with Crippen LogP contribution in [-0.4, -0.2) is 14.5 Å². The number of ether oxygens (including phenoxy) is 1. The molecule has 2 aromatic rings. The molecule has 2 aliphatic rings. The Balaban J connectivity index is 1.29. The third-order valence-electron chi connectivity index (χ3n) is 7.47. The van der Waals surface area contributed by atoms with Crippen molar-refractivity contribution >= 4 is 19.2 Å². The van der Waals surface area contributed by atoms with Crippen LogP contribution in [0.4, 0.5) is 17.6 Å². The van der Waals surface area contributed by atoms with E-state index >= 15 is 0 Å². The standard InChI is InChI=1S/C26H31ClF4OSi/c27-33-15-13-19(14-16-33)2-1-18-3-5-20(6-4-18)22-9-12-24(25(28)17-22)21-7-10-23(11-8-21)32-26(29,30)31/h7-12,17-20,33H,1-6,13-16H2/t18?,19-,20?,33-. The van der Waals surface area contributed by atoms with Crippen LogP contribution < -0.4 is 4.74 Å². The molecule has 7 heteroatoms. The highest BCUT2D eigenvalue weighted by molar-refractivity contribution is 7.07. The fourth-order valence-corrected chi connectivity index (χ4v) is 8.23. The Bertz CT molecular complexity index is 901. The van der Waals surface area contributed by atoms with E-state index in [0.29, 0.717) is 17.0 Å². The lowest BCUT2D eigenvalue weighted by atomic mass is 9.76. The molecule has 0 unspecified atom stereocenters. The first-order valence-corrected chi connectivity index (χ1v) is 15.4. The molecule has 33 heavy (non-hydrogen) atoms. The summed E-state index contributed by atoms with van der Waals surface area (Å²) in [5, 5.41) is 0. The van der Waals surface area contributed by atoms with Gasteiger partial charge >= 0.3 is 6.36 Å². The van der Waals surface area contributed by atoms with Gasteiger partial charge in [0.2, 0.25) is 0 Å². The summed E-state index contributed by atoms with van der Waals surface area (Å²) in [6, 6.07) is 13.2. The van der Waals surface area contributed by atoms with Crippen LogP contribution in [0.15, 0.2) is 42.5 Å². The van der Waals surface area contributed by atoms with Gasteiger partial charge in [-0.05, 0) is 84.9 Å². The quantitative estimate of drug-likeness (QED) is 0.219. The molecule has 1 aliphatic carbocycles. The van der Waals surface area contributed by atoms with Crippen molar-refractivity contribution in [3.05, 3.63) is 53.8 Å². The number of benzene rings is 2. The molecule has 1 saturated heterocycles. The van der Waals surface area contributed by atoms with E-state index in [0.717, 1.165) is 30.2 Å². The maximum absolute atomic E-state index is 14.9. The molecule has 0 radical (unpaired) electrons. The highest BCUT2D eigenvalue weighted by atomic mass is 35.6. The van der Waals surface area contributed by atoms with Gasteiger partial charge in [0.1, 0.15) is 19.7 Å². The molecular formula is C26H31ClF4OSi. The molecule has 1 nitrogen and oxygen atoms in total. The Morgan fingerprint density at radius 3 is 2.03 bits per heavy atom. The van der Waals surface area contributed by atoms with E-state index < -0.39 is 14.5 Å². The molecule has 1 heterocycles.